The molecule has 0 fully saturated rings. The Morgan fingerprint density at radius 3 is 2.50 bits per heavy atom. The van der Waals surface area contributed by atoms with Crippen molar-refractivity contribution in [3.8, 4) is 0 Å². The molecule has 0 radical (unpaired) electrons. The first-order valence-electron chi connectivity index (χ1n) is 6.57. The van der Waals surface area contributed by atoms with Crippen LogP contribution in [0.25, 0.3) is 0 Å². The molecular weight excluding hydrogens is 345 g/mol. The Morgan fingerprint density at radius 1 is 1.21 bits per heavy atom. The number of benzene rings is 2. The lowest BCUT2D eigenvalue weighted by molar-refractivity contribution is -0.388. The number of halogens is 3. The second-order valence-electron chi connectivity index (χ2n) is 4.75. The lowest BCUT2D eigenvalue weighted by Crippen LogP contribution is -2.06. The summed E-state index contributed by atoms with van der Waals surface area (Å²) in [5, 5.41) is 13.6. The third-order valence-corrected chi connectivity index (χ3v) is 4.27. The van der Waals surface area contributed by atoms with Crippen LogP contribution in [0.15, 0.2) is 46.2 Å². The van der Waals surface area contributed by atoms with E-state index in [2.05, 4.69) is 5.32 Å². The number of carbonyl (C=O) groups excluding carboxylic acids is 1. The largest absolute Gasteiger partial charge is 0.416 e. The van der Waals surface area contributed by atoms with Crippen molar-refractivity contribution in [3.63, 3.8) is 0 Å². The zero-order chi connectivity index (χ0) is 17.9. The Morgan fingerprint density at radius 2 is 1.92 bits per heavy atom. The summed E-state index contributed by atoms with van der Waals surface area (Å²) in [6.45, 7) is 1.73. The number of hydrogen-bond acceptors (Lipinski definition) is 4. The number of amides is 1. The van der Waals surface area contributed by atoms with E-state index in [-0.39, 0.29) is 4.90 Å². The number of nitro groups is 1. The van der Waals surface area contributed by atoms with E-state index in [1.807, 2.05) is 0 Å². The van der Waals surface area contributed by atoms with Gasteiger partial charge in [-0.2, -0.15) is 13.2 Å². The summed E-state index contributed by atoms with van der Waals surface area (Å²) in [5.41, 5.74) is -0.559. The number of alkyl halides is 3. The smallest absolute Gasteiger partial charge is 0.327 e. The van der Waals surface area contributed by atoms with Gasteiger partial charge in [-0.3, -0.25) is 14.9 Å². The SMILES string of the molecule is Cc1cccc(Sc2ccc(C(F)(F)F)cc2[N+](=O)[O-])c1NC=O. The van der Waals surface area contributed by atoms with Gasteiger partial charge in [-0.1, -0.05) is 23.9 Å². The van der Waals surface area contributed by atoms with E-state index >= 15 is 0 Å². The Labute approximate surface area is 139 Å². The highest BCUT2D eigenvalue weighted by molar-refractivity contribution is 7.99. The van der Waals surface area contributed by atoms with Crippen molar-refractivity contribution in [2.75, 3.05) is 5.32 Å². The van der Waals surface area contributed by atoms with Gasteiger partial charge in [0.2, 0.25) is 6.41 Å². The van der Waals surface area contributed by atoms with Crippen LogP contribution in [-0.2, 0) is 11.0 Å². The second kappa shape index (κ2) is 6.91. The third-order valence-electron chi connectivity index (χ3n) is 3.14. The maximum atomic E-state index is 12.7. The molecule has 1 N–H and O–H groups in total. The highest BCUT2D eigenvalue weighted by Crippen LogP contribution is 2.41. The molecule has 0 unspecified atom stereocenters. The van der Waals surface area contributed by atoms with Crippen molar-refractivity contribution in [2.24, 2.45) is 0 Å². The molecule has 2 rings (SSSR count). The molecule has 0 aromatic heterocycles. The maximum absolute atomic E-state index is 12.7. The molecule has 0 atom stereocenters. The van der Waals surface area contributed by atoms with E-state index in [9.17, 15) is 28.1 Å². The molecule has 0 heterocycles. The van der Waals surface area contributed by atoms with Crippen molar-refractivity contribution in [3.05, 3.63) is 57.6 Å². The molecular formula is C15H11F3N2O3S. The van der Waals surface area contributed by atoms with Crippen LogP contribution in [-0.4, -0.2) is 11.3 Å². The maximum Gasteiger partial charge on any atom is 0.416 e. The Kier molecular flexibility index (Phi) is 5.13. The van der Waals surface area contributed by atoms with E-state index in [0.717, 1.165) is 29.5 Å². The van der Waals surface area contributed by atoms with Crippen LogP contribution in [0, 0.1) is 17.0 Å². The molecule has 126 valence electrons. The molecule has 24 heavy (non-hydrogen) atoms. The minimum Gasteiger partial charge on any atom is -0.327 e. The van der Waals surface area contributed by atoms with Gasteiger partial charge in [0.05, 0.1) is 21.1 Å². The van der Waals surface area contributed by atoms with Crippen LogP contribution in [0.3, 0.4) is 0 Å². The lowest BCUT2D eigenvalue weighted by Gasteiger charge is -2.12. The van der Waals surface area contributed by atoms with Gasteiger partial charge in [-0.25, -0.2) is 0 Å². The molecule has 2 aromatic carbocycles. The molecule has 0 spiro atoms. The summed E-state index contributed by atoms with van der Waals surface area (Å²) in [5.74, 6) is 0. The van der Waals surface area contributed by atoms with Crippen LogP contribution < -0.4 is 5.32 Å². The average Bonchev–Trinajstić information content (AvgIpc) is 2.50. The molecule has 0 bridgehead atoms. The predicted octanol–water partition coefficient (Wildman–Crippen LogP) is 4.64. The van der Waals surface area contributed by atoms with Crippen LogP contribution in [0.1, 0.15) is 11.1 Å². The highest BCUT2D eigenvalue weighted by Gasteiger charge is 2.33. The minimum absolute atomic E-state index is 0.0487. The average molecular weight is 356 g/mol. The standard InChI is InChI=1S/C15H11F3N2O3S/c1-9-3-2-4-13(14(9)19-8-21)24-12-6-5-10(15(16,17)18)7-11(12)20(22)23/h2-8H,1H3,(H,19,21). The van der Waals surface area contributed by atoms with E-state index in [1.165, 1.54) is 0 Å². The quantitative estimate of drug-likeness (QED) is 0.481. The first-order valence-corrected chi connectivity index (χ1v) is 7.39. The van der Waals surface area contributed by atoms with E-state index < -0.39 is 22.4 Å². The van der Waals surface area contributed by atoms with E-state index in [0.29, 0.717) is 23.1 Å². The minimum atomic E-state index is -4.67. The van der Waals surface area contributed by atoms with Gasteiger partial charge >= 0.3 is 6.18 Å². The zero-order valence-electron chi connectivity index (χ0n) is 12.3. The topological polar surface area (TPSA) is 72.2 Å². The van der Waals surface area contributed by atoms with Crippen molar-refractivity contribution < 1.29 is 22.9 Å². The fourth-order valence-electron chi connectivity index (χ4n) is 2.01. The molecule has 0 aliphatic rings. The van der Waals surface area contributed by atoms with Gasteiger partial charge in [-0.15, -0.1) is 0 Å². The molecule has 0 saturated carbocycles. The molecule has 5 nitrogen and oxygen atoms in total. The number of nitrogens with one attached hydrogen (secondary N) is 1. The van der Waals surface area contributed by atoms with Crippen molar-refractivity contribution in [2.45, 2.75) is 22.9 Å². The number of rotatable bonds is 5. The number of nitro benzene ring substituents is 1. The summed E-state index contributed by atoms with van der Waals surface area (Å²) < 4.78 is 38.2. The number of para-hydroxylation sites is 1. The number of hydrogen-bond donors (Lipinski definition) is 1. The monoisotopic (exact) mass is 356 g/mol. The molecule has 0 aliphatic heterocycles. The second-order valence-corrected chi connectivity index (χ2v) is 5.83. The summed E-state index contributed by atoms with van der Waals surface area (Å²) >= 11 is 0.912. The molecule has 9 heteroatoms. The fourth-order valence-corrected chi connectivity index (χ4v) is 3.09. The van der Waals surface area contributed by atoms with Gasteiger partial charge in [-0.05, 0) is 30.7 Å². The van der Waals surface area contributed by atoms with Gasteiger partial charge in [0, 0.05) is 11.0 Å². The fraction of sp³-hybridized carbons (Fsp3) is 0.133. The van der Waals surface area contributed by atoms with Gasteiger partial charge < -0.3 is 5.32 Å². The highest BCUT2D eigenvalue weighted by atomic mass is 32.2. The molecule has 0 aliphatic carbocycles. The first kappa shape index (κ1) is 17.8. The Bertz CT molecular complexity index is 794. The molecule has 0 saturated heterocycles. The predicted molar refractivity (Wildman–Crippen MR) is 83.1 cm³/mol. The lowest BCUT2D eigenvalue weighted by atomic mass is 10.2. The van der Waals surface area contributed by atoms with Crippen LogP contribution in [0.5, 0.6) is 0 Å². The molecule has 2 aromatic rings. The number of anilines is 1. The third kappa shape index (κ3) is 3.85. The van der Waals surface area contributed by atoms with Crippen molar-refractivity contribution >= 4 is 29.5 Å². The van der Waals surface area contributed by atoms with Gasteiger partial charge in [0.1, 0.15) is 0 Å². The number of carbonyl (C=O) groups is 1. The molecule has 1 amide bonds. The van der Waals surface area contributed by atoms with Crippen LogP contribution >= 0.6 is 11.8 Å². The zero-order valence-corrected chi connectivity index (χ0v) is 13.1. The van der Waals surface area contributed by atoms with E-state index in [1.54, 1.807) is 25.1 Å². The number of aryl methyl sites for hydroxylation is 1. The Hall–Kier alpha value is -2.55. The van der Waals surface area contributed by atoms with Gasteiger partial charge in [0.15, 0.2) is 0 Å². The van der Waals surface area contributed by atoms with Crippen molar-refractivity contribution in [1.82, 2.24) is 0 Å². The summed E-state index contributed by atoms with van der Waals surface area (Å²) in [6.07, 6.45) is -4.20. The van der Waals surface area contributed by atoms with Crippen LogP contribution in [0.2, 0.25) is 0 Å². The van der Waals surface area contributed by atoms with Gasteiger partial charge in [0.25, 0.3) is 5.69 Å². The summed E-state index contributed by atoms with van der Waals surface area (Å²) in [6, 6.07) is 7.38. The van der Waals surface area contributed by atoms with Crippen molar-refractivity contribution in [1.29, 1.82) is 0 Å². The Balaban J connectivity index is 2.49. The van der Waals surface area contributed by atoms with Crippen LogP contribution in [0.4, 0.5) is 24.5 Å². The first-order chi connectivity index (χ1) is 11.2. The number of nitrogens with zero attached hydrogens (tertiary/aromatic N) is 1. The summed E-state index contributed by atoms with van der Waals surface area (Å²) in [4.78, 5) is 21.5. The van der Waals surface area contributed by atoms with E-state index in [4.69, 9.17) is 0 Å². The normalized spacial score (nSPS) is 11.2. The summed E-state index contributed by atoms with van der Waals surface area (Å²) in [7, 11) is 0.